The smallest absolute Gasteiger partial charge is 0.240 e. The molecule has 0 radical (unpaired) electrons. The van der Waals surface area contributed by atoms with Gasteiger partial charge in [0.15, 0.2) is 17.4 Å². The lowest BCUT2D eigenvalue weighted by Crippen LogP contribution is -2.00. The van der Waals surface area contributed by atoms with E-state index < -0.39 is 23.2 Å². The number of nitrogens with zero attached hydrogens (tertiary/aromatic N) is 2. The van der Waals surface area contributed by atoms with Crippen LogP contribution in [-0.2, 0) is 6.54 Å². The molecule has 2 rings (SSSR count). The van der Waals surface area contributed by atoms with Gasteiger partial charge in [0.2, 0.25) is 17.5 Å². The Morgan fingerprint density at radius 1 is 1.33 bits per heavy atom. The Hall–Kier alpha value is -2.09. The van der Waals surface area contributed by atoms with Crippen molar-refractivity contribution in [1.29, 1.82) is 0 Å². The molecule has 0 fully saturated rings. The number of rotatable bonds is 3. The summed E-state index contributed by atoms with van der Waals surface area (Å²) < 4.78 is 49.0. The minimum atomic E-state index is -1.63. The van der Waals surface area contributed by atoms with Crippen LogP contribution in [0.4, 0.5) is 13.2 Å². The molecule has 0 saturated heterocycles. The van der Waals surface area contributed by atoms with Crippen LogP contribution in [-0.4, -0.2) is 17.3 Å². The zero-order valence-corrected chi connectivity index (χ0v) is 9.21. The monoisotopic (exact) mass is 259 g/mol. The summed E-state index contributed by atoms with van der Waals surface area (Å²) in [6, 6.07) is 0.725. The first-order valence-electron chi connectivity index (χ1n) is 4.83. The maximum atomic E-state index is 13.4. The van der Waals surface area contributed by atoms with Crippen molar-refractivity contribution in [2.75, 3.05) is 7.11 Å². The highest BCUT2D eigenvalue weighted by atomic mass is 19.2. The van der Waals surface area contributed by atoms with E-state index in [0.717, 1.165) is 13.2 Å². The molecule has 2 aromatic rings. The fourth-order valence-electron chi connectivity index (χ4n) is 1.39. The van der Waals surface area contributed by atoms with Crippen molar-refractivity contribution in [3.8, 4) is 17.1 Å². The van der Waals surface area contributed by atoms with Crippen molar-refractivity contribution < 1.29 is 22.4 Å². The van der Waals surface area contributed by atoms with E-state index in [2.05, 4.69) is 14.9 Å². The first-order valence-corrected chi connectivity index (χ1v) is 4.83. The van der Waals surface area contributed by atoms with Gasteiger partial charge in [0.05, 0.1) is 19.2 Å². The SMILES string of the molecule is COc1c(-c2noc(CN)n2)cc(F)c(F)c1F. The number of halogens is 3. The highest BCUT2D eigenvalue weighted by molar-refractivity contribution is 5.64. The predicted octanol–water partition coefficient (Wildman–Crippen LogP) is 1.62. The molecule has 8 heteroatoms. The van der Waals surface area contributed by atoms with Gasteiger partial charge < -0.3 is 15.0 Å². The van der Waals surface area contributed by atoms with Gasteiger partial charge in [0.25, 0.3) is 0 Å². The maximum absolute atomic E-state index is 13.4. The topological polar surface area (TPSA) is 74.2 Å². The molecular formula is C10H8F3N3O2. The summed E-state index contributed by atoms with van der Waals surface area (Å²) in [5, 5.41) is 3.48. The van der Waals surface area contributed by atoms with Crippen molar-refractivity contribution in [2.45, 2.75) is 6.54 Å². The molecule has 5 nitrogen and oxygen atoms in total. The Labute approximate surface area is 99.4 Å². The third-order valence-corrected chi connectivity index (χ3v) is 2.21. The van der Waals surface area contributed by atoms with Crippen LogP contribution in [0.15, 0.2) is 10.6 Å². The van der Waals surface area contributed by atoms with Crippen LogP contribution >= 0.6 is 0 Å². The molecule has 0 aliphatic rings. The molecule has 0 aliphatic heterocycles. The number of benzene rings is 1. The van der Waals surface area contributed by atoms with Crippen LogP contribution in [0.5, 0.6) is 5.75 Å². The number of nitrogens with two attached hydrogens (primary N) is 1. The first-order chi connectivity index (χ1) is 8.58. The van der Waals surface area contributed by atoms with Crippen molar-refractivity contribution >= 4 is 0 Å². The van der Waals surface area contributed by atoms with Crippen LogP contribution in [0.1, 0.15) is 5.89 Å². The van der Waals surface area contributed by atoms with E-state index in [-0.39, 0.29) is 23.8 Å². The van der Waals surface area contributed by atoms with Crippen molar-refractivity contribution in [3.05, 3.63) is 29.4 Å². The summed E-state index contributed by atoms with van der Waals surface area (Å²) in [4.78, 5) is 3.78. The summed E-state index contributed by atoms with van der Waals surface area (Å²) >= 11 is 0. The van der Waals surface area contributed by atoms with E-state index in [0.29, 0.717) is 0 Å². The lowest BCUT2D eigenvalue weighted by Gasteiger charge is -2.07. The van der Waals surface area contributed by atoms with Gasteiger partial charge in [-0.2, -0.15) is 9.37 Å². The quantitative estimate of drug-likeness (QED) is 0.848. The molecule has 0 bridgehead atoms. The van der Waals surface area contributed by atoms with Gasteiger partial charge in [-0.05, 0) is 6.07 Å². The van der Waals surface area contributed by atoms with Crippen LogP contribution in [0, 0.1) is 17.5 Å². The van der Waals surface area contributed by atoms with Gasteiger partial charge in [-0.25, -0.2) is 8.78 Å². The highest BCUT2D eigenvalue weighted by Crippen LogP contribution is 2.33. The molecule has 18 heavy (non-hydrogen) atoms. The zero-order valence-electron chi connectivity index (χ0n) is 9.21. The summed E-state index contributed by atoms with van der Waals surface area (Å²) in [7, 11) is 1.11. The summed E-state index contributed by atoms with van der Waals surface area (Å²) in [5.74, 6) is -5.01. The third kappa shape index (κ3) is 1.90. The van der Waals surface area contributed by atoms with E-state index in [4.69, 9.17) is 10.3 Å². The Balaban J connectivity index is 2.63. The normalized spacial score (nSPS) is 10.7. The van der Waals surface area contributed by atoms with E-state index in [1.165, 1.54) is 0 Å². The molecule has 2 N–H and O–H groups in total. The molecule has 0 unspecified atom stereocenters. The second-order valence-electron chi connectivity index (χ2n) is 3.28. The second kappa shape index (κ2) is 4.65. The summed E-state index contributed by atoms with van der Waals surface area (Å²) in [6.45, 7) is -0.0263. The van der Waals surface area contributed by atoms with Gasteiger partial charge in [-0.1, -0.05) is 5.16 Å². The number of hydrogen-bond donors (Lipinski definition) is 1. The van der Waals surface area contributed by atoms with Gasteiger partial charge in [0.1, 0.15) is 0 Å². The minimum Gasteiger partial charge on any atom is -0.493 e. The molecule has 0 saturated carbocycles. The molecule has 1 aromatic carbocycles. The molecule has 0 amide bonds. The van der Waals surface area contributed by atoms with Gasteiger partial charge in [-0.3, -0.25) is 0 Å². The fourth-order valence-corrected chi connectivity index (χ4v) is 1.39. The highest BCUT2D eigenvalue weighted by Gasteiger charge is 2.23. The van der Waals surface area contributed by atoms with Crippen LogP contribution < -0.4 is 10.5 Å². The second-order valence-corrected chi connectivity index (χ2v) is 3.28. The van der Waals surface area contributed by atoms with Crippen LogP contribution in [0.2, 0.25) is 0 Å². The molecule has 1 heterocycles. The van der Waals surface area contributed by atoms with Gasteiger partial charge >= 0.3 is 0 Å². The average Bonchev–Trinajstić information content (AvgIpc) is 2.84. The van der Waals surface area contributed by atoms with Crippen molar-refractivity contribution in [1.82, 2.24) is 10.1 Å². The summed E-state index contributed by atoms with van der Waals surface area (Å²) in [6.07, 6.45) is 0. The Morgan fingerprint density at radius 3 is 2.61 bits per heavy atom. The molecule has 0 aliphatic carbocycles. The molecule has 0 atom stereocenters. The standard InChI is InChI=1S/C10H8F3N3O2/c1-17-9-4(2-5(11)7(12)8(9)13)10-15-6(3-14)18-16-10/h2H,3,14H2,1H3. The van der Waals surface area contributed by atoms with E-state index in [1.807, 2.05) is 0 Å². The van der Waals surface area contributed by atoms with Gasteiger partial charge in [-0.15, -0.1) is 0 Å². The lowest BCUT2D eigenvalue weighted by atomic mass is 10.1. The minimum absolute atomic E-state index is 0.0263. The summed E-state index contributed by atoms with van der Waals surface area (Å²) in [5.41, 5.74) is 5.10. The maximum Gasteiger partial charge on any atom is 0.240 e. The first kappa shape index (κ1) is 12.4. The molecule has 1 aromatic heterocycles. The number of aromatic nitrogens is 2. The Bertz CT molecular complexity index is 586. The Kier molecular flexibility index (Phi) is 3.19. The predicted molar refractivity (Wildman–Crippen MR) is 54.1 cm³/mol. The molecule has 96 valence electrons. The van der Waals surface area contributed by atoms with Crippen molar-refractivity contribution in [2.24, 2.45) is 5.73 Å². The number of ether oxygens (including phenoxy) is 1. The molecule has 0 spiro atoms. The zero-order chi connectivity index (χ0) is 13.3. The number of methoxy groups -OCH3 is 1. The van der Waals surface area contributed by atoms with Crippen LogP contribution in [0.25, 0.3) is 11.4 Å². The van der Waals surface area contributed by atoms with E-state index in [1.54, 1.807) is 0 Å². The van der Waals surface area contributed by atoms with Crippen molar-refractivity contribution in [3.63, 3.8) is 0 Å². The van der Waals surface area contributed by atoms with Crippen LogP contribution in [0.3, 0.4) is 0 Å². The van der Waals surface area contributed by atoms with Gasteiger partial charge in [0, 0.05) is 0 Å². The average molecular weight is 259 g/mol. The largest absolute Gasteiger partial charge is 0.493 e. The van der Waals surface area contributed by atoms with E-state index >= 15 is 0 Å². The van der Waals surface area contributed by atoms with E-state index in [9.17, 15) is 13.2 Å². The third-order valence-electron chi connectivity index (χ3n) is 2.21. The Morgan fingerprint density at radius 2 is 2.06 bits per heavy atom. The number of hydrogen-bond acceptors (Lipinski definition) is 5. The molecular weight excluding hydrogens is 251 g/mol. The lowest BCUT2D eigenvalue weighted by molar-refractivity contribution is 0.360. The fraction of sp³-hybridized carbons (Fsp3) is 0.200.